The van der Waals surface area contributed by atoms with E-state index >= 15 is 0 Å². The van der Waals surface area contributed by atoms with Crippen LogP contribution in [0.2, 0.25) is 0 Å². The van der Waals surface area contributed by atoms with Crippen molar-refractivity contribution in [1.82, 2.24) is 14.5 Å². The van der Waals surface area contributed by atoms with Gasteiger partial charge in [-0.25, -0.2) is 4.98 Å². The lowest BCUT2D eigenvalue weighted by atomic mass is 10.3. The Morgan fingerprint density at radius 1 is 1.17 bits per heavy atom. The number of hydrogen-bond acceptors (Lipinski definition) is 4. The lowest BCUT2D eigenvalue weighted by Gasteiger charge is -2.18. The Morgan fingerprint density at radius 2 is 1.78 bits per heavy atom. The van der Waals surface area contributed by atoms with Crippen LogP contribution in [0.25, 0.3) is 0 Å². The summed E-state index contributed by atoms with van der Waals surface area (Å²) in [5.74, 6) is -3.01. The molecule has 2 N–H and O–H groups in total. The molecule has 1 amide bonds. The minimum absolute atomic E-state index is 0.0247. The Labute approximate surface area is 102 Å². The number of nitrogens with zero attached hydrogens (tertiary/aromatic N) is 3. The van der Waals surface area contributed by atoms with Gasteiger partial charge in [0.25, 0.3) is 0 Å². The number of aromatic nitrogens is 2. The minimum atomic E-state index is -1.24. The molecule has 0 bridgehead atoms. The molecule has 1 aromatic rings. The number of hydrogen-bond donors (Lipinski definition) is 2. The molecule has 1 heterocycles. The van der Waals surface area contributed by atoms with E-state index in [1.54, 1.807) is 17.0 Å². The Morgan fingerprint density at radius 3 is 2.22 bits per heavy atom. The first-order chi connectivity index (χ1) is 8.49. The van der Waals surface area contributed by atoms with Gasteiger partial charge in [-0.05, 0) is 0 Å². The van der Waals surface area contributed by atoms with Crippen molar-refractivity contribution in [1.29, 1.82) is 0 Å². The number of imidazole rings is 1. The average Bonchev–Trinajstić information content (AvgIpc) is 2.76. The van der Waals surface area contributed by atoms with Gasteiger partial charge >= 0.3 is 11.9 Å². The van der Waals surface area contributed by atoms with Crippen molar-refractivity contribution in [2.75, 3.05) is 13.1 Å². The second-order valence-electron chi connectivity index (χ2n) is 3.59. The maximum Gasteiger partial charge on any atom is 0.323 e. The molecule has 8 heteroatoms. The normalized spacial score (nSPS) is 10.0. The van der Waals surface area contributed by atoms with Gasteiger partial charge in [-0.3, -0.25) is 14.4 Å². The molecule has 0 atom stereocenters. The molecule has 98 valence electrons. The van der Waals surface area contributed by atoms with Crippen LogP contribution in [0.1, 0.15) is 6.42 Å². The summed E-state index contributed by atoms with van der Waals surface area (Å²) >= 11 is 0. The smallest absolute Gasteiger partial charge is 0.323 e. The zero-order valence-electron chi connectivity index (χ0n) is 9.52. The van der Waals surface area contributed by atoms with E-state index < -0.39 is 30.9 Å². The first kappa shape index (κ1) is 13.7. The molecule has 0 saturated heterocycles. The fourth-order valence-electron chi connectivity index (χ4n) is 1.36. The zero-order valence-corrected chi connectivity index (χ0v) is 9.52. The number of aliphatic carboxylic acids is 2. The number of carbonyl (C=O) groups is 3. The maximum absolute atomic E-state index is 11.7. The fourth-order valence-corrected chi connectivity index (χ4v) is 1.36. The monoisotopic (exact) mass is 255 g/mol. The quantitative estimate of drug-likeness (QED) is 0.664. The second-order valence-corrected chi connectivity index (χ2v) is 3.59. The van der Waals surface area contributed by atoms with E-state index in [2.05, 4.69) is 4.98 Å². The standard InChI is InChI=1S/C10H13N3O5/c14-8(1-3-12-4-2-11-7-12)13(5-9(15)16)6-10(17)18/h2,4,7H,1,3,5-6H2,(H,15,16)(H,17,18). The third-order valence-electron chi connectivity index (χ3n) is 2.15. The molecule has 1 aromatic heterocycles. The predicted molar refractivity (Wildman–Crippen MR) is 58.7 cm³/mol. The summed E-state index contributed by atoms with van der Waals surface area (Å²) < 4.78 is 1.65. The summed E-state index contributed by atoms with van der Waals surface area (Å²) in [5.41, 5.74) is 0. The maximum atomic E-state index is 11.7. The molecule has 0 saturated carbocycles. The third kappa shape index (κ3) is 4.64. The second kappa shape index (κ2) is 6.38. The van der Waals surface area contributed by atoms with E-state index in [1.165, 1.54) is 6.33 Å². The van der Waals surface area contributed by atoms with Gasteiger partial charge in [0.05, 0.1) is 6.33 Å². The summed E-state index contributed by atoms with van der Waals surface area (Å²) in [5, 5.41) is 17.2. The minimum Gasteiger partial charge on any atom is -0.480 e. The highest BCUT2D eigenvalue weighted by molar-refractivity contribution is 5.85. The molecule has 0 aromatic carbocycles. The van der Waals surface area contributed by atoms with E-state index in [0.717, 1.165) is 4.90 Å². The molecule has 0 fully saturated rings. The highest BCUT2D eigenvalue weighted by Crippen LogP contribution is 1.98. The molecular weight excluding hydrogens is 242 g/mol. The molecule has 1 rings (SSSR count). The van der Waals surface area contributed by atoms with Crippen molar-refractivity contribution in [2.45, 2.75) is 13.0 Å². The summed E-state index contributed by atoms with van der Waals surface area (Å²) in [4.78, 5) is 37.3. The van der Waals surface area contributed by atoms with E-state index in [9.17, 15) is 14.4 Å². The molecular formula is C10H13N3O5. The average molecular weight is 255 g/mol. The van der Waals surface area contributed by atoms with Crippen LogP contribution in [0.4, 0.5) is 0 Å². The SMILES string of the molecule is O=C(O)CN(CC(=O)O)C(=O)CCn1ccnc1. The number of amides is 1. The van der Waals surface area contributed by atoms with Crippen molar-refractivity contribution in [3.05, 3.63) is 18.7 Å². The highest BCUT2D eigenvalue weighted by Gasteiger charge is 2.19. The first-order valence-electron chi connectivity index (χ1n) is 5.16. The van der Waals surface area contributed by atoms with E-state index in [1.807, 2.05) is 0 Å². The van der Waals surface area contributed by atoms with Gasteiger partial charge in [-0.1, -0.05) is 0 Å². The van der Waals surface area contributed by atoms with Crippen molar-refractivity contribution < 1.29 is 24.6 Å². The summed E-state index contributed by atoms with van der Waals surface area (Å²) in [6, 6.07) is 0. The number of aryl methyl sites for hydroxylation is 1. The van der Waals surface area contributed by atoms with Crippen LogP contribution in [0.5, 0.6) is 0 Å². The lowest BCUT2D eigenvalue weighted by Crippen LogP contribution is -2.39. The number of rotatable bonds is 7. The van der Waals surface area contributed by atoms with Crippen LogP contribution in [0.3, 0.4) is 0 Å². The molecule has 0 unspecified atom stereocenters. The Bertz CT molecular complexity index is 413. The van der Waals surface area contributed by atoms with E-state index in [4.69, 9.17) is 10.2 Å². The van der Waals surface area contributed by atoms with Gasteiger partial charge in [-0.2, -0.15) is 0 Å². The Balaban J connectivity index is 2.52. The van der Waals surface area contributed by atoms with Crippen LogP contribution >= 0.6 is 0 Å². The number of carboxylic acid groups (broad SMARTS) is 2. The topological polar surface area (TPSA) is 113 Å². The Hall–Kier alpha value is -2.38. The summed E-state index contributed by atoms with van der Waals surface area (Å²) in [6.45, 7) is -0.904. The summed E-state index contributed by atoms with van der Waals surface area (Å²) in [7, 11) is 0. The lowest BCUT2D eigenvalue weighted by molar-refractivity contribution is -0.149. The molecule has 0 aliphatic carbocycles. The number of carboxylic acids is 2. The summed E-state index contributed by atoms with van der Waals surface area (Å²) in [6.07, 6.45) is 4.76. The van der Waals surface area contributed by atoms with Crippen molar-refractivity contribution in [3.8, 4) is 0 Å². The Kier molecular flexibility index (Phi) is 4.85. The number of carbonyl (C=O) groups excluding carboxylic acids is 1. The van der Waals surface area contributed by atoms with Gasteiger partial charge in [0.2, 0.25) is 5.91 Å². The van der Waals surface area contributed by atoms with Gasteiger partial charge in [-0.15, -0.1) is 0 Å². The third-order valence-corrected chi connectivity index (χ3v) is 2.15. The van der Waals surface area contributed by atoms with Gasteiger partial charge in [0.15, 0.2) is 0 Å². The molecule has 0 spiro atoms. The molecule has 0 aliphatic heterocycles. The zero-order chi connectivity index (χ0) is 13.5. The highest BCUT2D eigenvalue weighted by atomic mass is 16.4. The van der Waals surface area contributed by atoms with Crippen LogP contribution in [-0.4, -0.2) is 55.6 Å². The van der Waals surface area contributed by atoms with Gasteiger partial charge in [0, 0.05) is 25.4 Å². The van der Waals surface area contributed by atoms with Crippen molar-refractivity contribution >= 4 is 17.8 Å². The van der Waals surface area contributed by atoms with Crippen LogP contribution in [-0.2, 0) is 20.9 Å². The van der Waals surface area contributed by atoms with Crippen LogP contribution in [0.15, 0.2) is 18.7 Å². The van der Waals surface area contributed by atoms with E-state index in [0.29, 0.717) is 6.54 Å². The fraction of sp³-hybridized carbons (Fsp3) is 0.400. The first-order valence-corrected chi connectivity index (χ1v) is 5.16. The molecule has 0 aliphatic rings. The van der Waals surface area contributed by atoms with Gasteiger partial charge < -0.3 is 19.7 Å². The molecule has 8 nitrogen and oxygen atoms in total. The van der Waals surface area contributed by atoms with Gasteiger partial charge in [0.1, 0.15) is 13.1 Å². The van der Waals surface area contributed by atoms with Crippen molar-refractivity contribution in [3.63, 3.8) is 0 Å². The van der Waals surface area contributed by atoms with Crippen LogP contribution in [0, 0.1) is 0 Å². The largest absolute Gasteiger partial charge is 0.480 e. The van der Waals surface area contributed by atoms with E-state index in [-0.39, 0.29) is 6.42 Å². The van der Waals surface area contributed by atoms with Crippen molar-refractivity contribution in [2.24, 2.45) is 0 Å². The molecule has 18 heavy (non-hydrogen) atoms. The van der Waals surface area contributed by atoms with Crippen LogP contribution < -0.4 is 0 Å². The predicted octanol–water partition coefficient (Wildman–Crippen LogP) is -0.729. The molecule has 0 radical (unpaired) electrons.